The maximum atomic E-state index is 12.0. The average molecular weight is 285 g/mol. The van der Waals surface area contributed by atoms with Crippen molar-refractivity contribution in [2.45, 2.75) is 38.5 Å². The summed E-state index contributed by atoms with van der Waals surface area (Å²) in [4.78, 5) is 25.4. The molecule has 3 amide bonds. The van der Waals surface area contributed by atoms with Crippen molar-refractivity contribution in [3.63, 3.8) is 0 Å². The lowest BCUT2D eigenvalue weighted by Crippen LogP contribution is -2.56. The lowest BCUT2D eigenvalue weighted by Gasteiger charge is -2.40. The third kappa shape index (κ3) is 3.47. The summed E-state index contributed by atoms with van der Waals surface area (Å²) in [7, 11) is 0. The van der Waals surface area contributed by atoms with Crippen LogP contribution in [0.5, 0.6) is 0 Å². The number of imide groups is 1. The van der Waals surface area contributed by atoms with Gasteiger partial charge in [-0.15, -0.1) is 0 Å². The van der Waals surface area contributed by atoms with Crippen LogP contribution in [0.4, 0.5) is 4.79 Å². The number of piperidine rings is 1. The predicted octanol–water partition coefficient (Wildman–Crippen LogP) is 0.0595. The maximum Gasteiger partial charge on any atom is 0.321 e. The Hall–Kier alpha value is -1.18. The number of carbonyl (C=O) groups is 2. The van der Waals surface area contributed by atoms with Crippen LogP contribution >= 0.6 is 0 Å². The predicted molar refractivity (Wildman–Crippen MR) is 72.1 cm³/mol. The van der Waals surface area contributed by atoms with Gasteiger partial charge in [-0.05, 0) is 26.8 Å². The summed E-state index contributed by atoms with van der Waals surface area (Å²) in [5.41, 5.74) is 0. The van der Waals surface area contributed by atoms with Gasteiger partial charge in [-0.2, -0.15) is 0 Å². The van der Waals surface area contributed by atoms with Crippen molar-refractivity contribution in [1.82, 2.24) is 15.5 Å². The van der Waals surface area contributed by atoms with Crippen molar-refractivity contribution < 1.29 is 19.1 Å². The Morgan fingerprint density at radius 1 is 1.35 bits per heavy atom. The summed E-state index contributed by atoms with van der Waals surface area (Å²) in [5, 5.41) is 4.89. The molecule has 2 saturated heterocycles. The number of nitrogens with zero attached hydrogens (tertiary/aromatic N) is 1. The quantitative estimate of drug-likeness (QED) is 0.766. The Labute approximate surface area is 119 Å². The summed E-state index contributed by atoms with van der Waals surface area (Å²) < 4.78 is 11.4. The van der Waals surface area contributed by atoms with E-state index in [1.807, 2.05) is 4.90 Å². The molecule has 0 saturated carbocycles. The molecule has 1 unspecified atom stereocenters. The molecule has 2 fully saturated rings. The van der Waals surface area contributed by atoms with Gasteiger partial charge in [0.1, 0.15) is 0 Å². The van der Waals surface area contributed by atoms with Gasteiger partial charge in [0.2, 0.25) is 5.91 Å². The smallest absolute Gasteiger partial charge is 0.321 e. The Morgan fingerprint density at radius 2 is 2.05 bits per heavy atom. The van der Waals surface area contributed by atoms with Crippen LogP contribution in [0.1, 0.15) is 26.7 Å². The third-order valence-electron chi connectivity index (χ3n) is 3.76. The zero-order valence-corrected chi connectivity index (χ0v) is 12.1. The standard InChI is InChI=1S/C13H23N3O4/c1-3-14-12(18)15-11(17)10(2)16-6-4-5-13(9-16)19-7-8-20-13/h10H,3-9H2,1-2H3,(H2,14,15,17,18). The molecule has 0 aromatic carbocycles. The van der Waals surface area contributed by atoms with Gasteiger partial charge in [-0.25, -0.2) is 4.79 Å². The van der Waals surface area contributed by atoms with Crippen molar-refractivity contribution in [3.05, 3.63) is 0 Å². The molecule has 2 aliphatic heterocycles. The van der Waals surface area contributed by atoms with Crippen LogP contribution in [0, 0.1) is 0 Å². The Bertz CT molecular complexity index is 369. The lowest BCUT2D eigenvalue weighted by molar-refractivity contribution is -0.193. The van der Waals surface area contributed by atoms with E-state index >= 15 is 0 Å². The van der Waals surface area contributed by atoms with Gasteiger partial charge < -0.3 is 14.8 Å². The molecule has 7 nitrogen and oxygen atoms in total. The molecule has 0 aliphatic carbocycles. The molecule has 0 radical (unpaired) electrons. The molecule has 2 rings (SSSR count). The highest BCUT2D eigenvalue weighted by atomic mass is 16.7. The van der Waals surface area contributed by atoms with Gasteiger partial charge in [0.25, 0.3) is 0 Å². The topological polar surface area (TPSA) is 79.9 Å². The largest absolute Gasteiger partial charge is 0.346 e. The second-order valence-corrected chi connectivity index (χ2v) is 5.21. The number of amides is 3. The minimum atomic E-state index is -0.557. The summed E-state index contributed by atoms with van der Waals surface area (Å²) in [6.45, 7) is 6.66. The highest BCUT2D eigenvalue weighted by molar-refractivity contribution is 5.96. The second-order valence-electron chi connectivity index (χ2n) is 5.21. The first-order valence-electron chi connectivity index (χ1n) is 7.17. The summed E-state index contributed by atoms with van der Waals surface area (Å²) >= 11 is 0. The number of urea groups is 1. The fraction of sp³-hybridized carbons (Fsp3) is 0.846. The molecule has 2 aliphatic rings. The van der Waals surface area contributed by atoms with Crippen LogP contribution in [0.15, 0.2) is 0 Å². The molecule has 114 valence electrons. The molecular formula is C13H23N3O4. The first-order valence-corrected chi connectivity index (χ1v) is 7.17. The zero-order chi connectivity index (χ0) is 14.6. The summed E-state index contributed by atoms with van der Waals surface area (Å²) in [5.74, 6) is -0.857. The van der Waals surface area contributed by atoms with E-state index in [0.717, 1.165) is 19.4 Å². The molecule has 2 N–H and O–H groups in total. The van der Waals surface area contributed by atoms with Gasteiger partial charge in [-0.3, -0.25) is 15.0 Å². The monoisotopic (exact) mass is 285 g/mol. The summed E-state index contributed by atoms with van der Waals surface area (Å²) in [6, 6.07) is -0.841. The van der Waals surface area contributed by atoms with E-state index in [0.29, 0.717) is 26.3 Å². The second kappa shape index (κ2) is 6.51. The van der Waals surface area contributed by atoms with Crippen LogP contribution in [-0.2, 0) is 14.3 Å². The van der Waals surface area contributed by atoms with E-state index in [9.17, 15) is 9.59 Å². The number of carbonyl (C=O) groups excluding carboxylic acids is 2. The van der Waals surface area contributed by atoms with Gasteiger partial charge >= 0.3 is 6.03 Å². The molecule has 2 heterocycles. The minimum absolute atomic E-state index is 0.300. The highest BCUT2D eigenvalue weighted by Crippen LogP contribution is 2.30. The van der Waals surface area contributed by atoms with Crippen molar-refractivity contribution >= 4 is 11.9 Å². The van der Waals surface area contributed by atoms with Crippen LogP contribution in [0.3, 0.4) is 0 Å². The lowest BCUT2D eigenvalue weighted by atomic mass is 10.0. The molecule has 0 aromatic rings. The van der Waals surface area contributed by atoms with E-state index in [-0.39, 0.29) is 11.9 Å². The number of rotatable bonds is 3. The molecule has 1 atom stereocenters. The van der Waals surface area contributed by atoms with Gasteiger partial charge in [0, 0.05) is 13.0 Å². The molecule has 1 spiro atoms. The normalized spacial score (nSPS) is 23.5. The maximum absolute atomic E-state index is 12.0. The number of hydrogen-bond acceptors (Lipinski definition) is 5. The van der Waals surface area contributed by atoms with E-state index in [1.165, 1.54) is 0 Å². The van der Waals surface area contributed by atoms with Crippen molar-refractivity contribution in [3.8, 4) is 0 Å². The van der Waals surface area contributed by atoms with Crippen molar-refractivity contribution in [2.24, 2.45) is 0 Å². The van der Waals surface area contributed by atoms with E-state index in [1.54, 1.807) is 13.8 Å². The van der Waals surface area contributed by atoms with E-state index < -0.39 is 11.8 Å². The highest BCUT2D eigenvalue weighted by Gasteiger charge is 2.42. The number of hydrogen-bond donors (Lipinski definition) is 2. The molecule has 7 heteroatoms. The fourth-order valence-electron chi connectivity index (χ4n) is 2.67. The van der Waals surface area contributed by atoms with Crippen LogP contribution in [0.25, 0.3) is 0 Å². The SMILES string of the molecule is CCNC(=O)NC(=O)C(C)N1CCCC2(C1)OCCO2. The number of nitrogens with one attached hydrogen (secondary N) is 2. The number of likely N-dealkylation sites (tertiary alicyclic amines) is 1. The van der Waals surface area contributed by atoms with Crippen molar-refractivity contribution in [1.29, 1.82) is 0 Å². The van der Waals surface area contributed by atoms with Crippen LogP contribution < -0.4 is 10.6 Å². The number of ether oxygens (including phenoxy) is 2. The molecule has 20 heavy (non-hydrogen) atoms. The summed E-state index contributed by atoms with van der Waals surface area (Å²) in [6.07, 6.45) is 1.77. The average Bonchev–Trinajstić information content (AvgIpc) is 2.86. The Morgan fingerprint density at radius 3 is 2.70 bits per heavy atom. The van der Waals surface area contributed by atoms with E-state index in [4.69, 9.17) is 9.47 Å². The first-order chi connectivity index (χ1) is 9.56. The van der Waals surface area contributed by atoms with Gasteiger partial charge in [0.15, 0.2) is 5.79 Å². The zero-order valence-electron chi connectivity index (χ0n) is 12.1. The Kier molecular flexibility index (Phi) is 4.95. The van der Waals surface area contributed by atoms with Gasteiger partial charge in [0.05, 0.1) is 25.8 Å². The van der Waals surface area contributed by atoms with E-state index in [2.05, 4.69) is 10.6 Å². The molecular weight excluding hydrogens is 262 g/mol. The molecule has 0 aromatic heterocycles. The Balaban J connectivity index is 1.89. The van der Waals surface area contributed by atoms with Crippen molar-refractivity contribution in [2.75, 3.05) is 32.8 Å². The first kappa shape index (κ1) is 15.2. The minimum Gasteiger partial charge on any atom is -0.346 e. The fourth-order valence-corrected chi connectivity index (χ4v) is 2.67. The molecule has 0 bridgehead atoms. The van der Waals surface area contributed by atoms with Crippen LogP contribution in [-0.4, -0.2) is 61.5 Å². The van der Waals surface area contributed by atoms with Gasteiger partial charge in [-0.1, -0.05) is 0 Å². The third-order valence-corrected chi connectivity index (χ3v) is 3.76. The van der Waals surface area contributed by atoms with Crippen LogP contribution in [0.2, 0.25) is 0 Å².